The molecule has 3 rings (SSSR count). The molecule has 1 heterocycles. The average Bonchev–Trinajstić information content (AvgIpc) is 2.98. The third-order valence-corrected chi connectivity index (χ3v) is 5.39. The first-order chi connectivity index (χ1) is 13.6. The van der Waals surface area contributed by atoms with Gasteiger partial charge in [0.15, 0.2) is 0 Å². The van der Waals surface area contributed by atoms with Crippen LogP contribution in [0.25, 0.3) is 11.0 Å². The summed E-state index contributed by atoms with van der Waals surface area (Å²) < 4.78 is 41.7. The number of nitrogens with two attached hydrogens (primary N) is 1. The maximum atomic E-state index is 13.6. The van der Waals surface area contributed by atoms with Crippen LogP contribution in [-0.2, 0) is 10.2 Å². The average molecular weight is 418 g/mol. The van der Waals surface area contributed by atoms with Gasteiger partial charge in [-0.3, -0.25) is 4.99 Å². The molecule has 152 valence electrons. The maximum absolute atomic E-state index is 13.6. The zero-order valence-corrected chi connectivity index (χ0v) is 16.7. The summed E-state index contributed by atoms with van der Waals surface area (Å²) in [6.07, 6.45) is 0. The summed E-state index contributed by atoms with van der Waals surface area (Å²) in [5.41, 5.74) is 7.77. The van der Waals surface area contributed by atoms with Gasteiger partial charge in [-0.25, -0.2) is 18.9 Å². The van der Waals surface area contributed by atoms with E-state index in [-0.39, 0.29) is 11.5 Å². The van der Waals surface area contributed by atoms with Crippen LogP contribution in [0.15, 0.2) is 47.5 Å². The molecule has 0 saturated heterocycles. The number of carbonyl (C=O) groups is 1. The van der Waals surface area contributed by atoms with Gasteiger partial charge in [-0.2, -0.15) is 12.4 Å². The maximum Gasteiger partial charge on any atom is 0.334 e. The zero-order chi connectivity index (χ0) is 21.3. The fourth-order valence-electron chi connectivity index (χ4n) is 2.78. The fourth-order valence-corrected chi connectivity index (χ4v) is 3.97. The van der Waals surface area contributed by atoms with Crippen molar-refractivity contribution in [2.45, 2.75) is 0 Å². The summed E-state index contributed by atoms with van der Waals surface area (Å²) in [4.78, 5) is 21.2. The third kappa shape index (κ3) is 3.90. The second-order valence-corrected chi connectivity index (χ2v) is 7.85. The molecule has 0 aliphatic rings. The van der Waals surface area contributed by atoms with Crippen LogP contribution in [0.3, 0.4) is 0 Å². The van der Waals surface area contributed by atoms with Gasteiger partial charge in [0.2, 0.25) is 5.95 Å². The molecule has 2 aromatic carbocycles. The topological polar surface area (TPSA) is 123 Å². The number of nitrogen functional groups attached to an aromatic ring is 1. The van der Waals surface area contributed by atoms with E-state index in [4.69, 9.17) is 5.73 Å². The number of nitrogens with one attached hydrogen (secondary N) is 1. The molecule has 0 saturated carbocycles. The number of aromatic nitrogens is 2. The molecule has 0 atom stereocenters. The lowest BCUT2D eigenvalue weighted by Crippen LogP contribution is -2.41. The Bertz CT molecular complexity index is 1230. The number of halogens is 1. The molecular weight excluding hydrogens is 399 g/mol. The number of rotatable bonds is 4. The molecule has 2 amide bonds. The molecule has 0 spiro atoms. The standard InChI is InChI=1S/C18H19FN6O3S/c1-21-16(11-5-4-6-13(19)9-11)12-7-8-14-15(10-12)25(17(20)22-14)29(27,28)23-18(26)24(2)3/h4-10H,1-3H3,(H2,20,22)(H,23,26). The fraction of sp³-hybridized carbons (Fsp3) is 0.167. The van der Waals surface area contributed by atoms with Gasteiger partial charge in [-0.1, -0.05) is 18.2 Å². The quantitative estimate of drug-likeness (QED) is 0.623. The molecule has 11 heteroatoms. The van der Waals surface area contributed by atoms with E-state index in [0.29, 0.717) is 22.4 Å². The monoisotopic (exact) mass is 418 g/mol. The lowest BCUT2D eigenvalue weighted by atomic mass is 10.0. The third-order valence-electron chi connectivity index (χ3n) is 4.10. The first kappa shape index (κ1) is 20.3. The number of hydrogen-bond donors (Lipinski definition) is 2. The Morgan fingerprint density at radius 3 is 2.52 bits per heavy atom. The van der Waals surface area contributed by atoms with Crippen molar-refractivity contribution < 1.29 is 17.6 Å². The number of nitrogens with zero attached hydrogens (tertiary/aromatic N) is 4. The molecule has 0 unspecified atom stereocenters. The normalized spacial score (nSPS) is 12.2. The Labute approximate surface area is 166 Å². The number of imidazole rings is 1. The van der Waals surface area contributed by atoms with Crippen LogP contribution < -0.4 is 10.5 Å². The molecular formula is C18H19FN6O3S. The molecule has 0 aliphatic carbocycles. The Morgan fingerprint density at radius 2 is 1.90 bits per heavy atom. The van der Waals surface area contributed by atoms with Crippen LogP contribution in [0.2, 0.25) is 0 Å². The van der Waals surface area contributed by atoms with Crippen molar-refractivity contribution in [2.75, 3.05) is 26.9 Å². The minimum Gasteiger partial charge on any atom is -0.368 e. The van der Waals surface area contributed by atoms with Crippen LogP contribution >= 0.6 is 0 Å². The van der Waals surface area contributed by atoms with Crippen molar-refractivity contribution in [1.29, 1.82) is 0 Å². The van der Waals surface area contributed by atoms with E-state index in [9.17, 15) is 17.6 Å². The van der Waals surface area contributed by atoms with E-state index in [0.717, 1.165) is 8.87 Å². The van der Waals surface area contributed by atoms with Crippen LogP contribution in [-0.4, -0.2) is 55.2 Å². The molecule has 0 bridgehead atoms. The molecule has 1 aromatic heterocycles. The first-order valence-electron chi connectivity index (χ1n) is 8.39. The van der Waals surface area contributed by atoms with Gasteiger partial charge in [-0.15, -0.1) is 0 Å². The van der Waals surface area contributed by atoms with Gasteiger partial charge in [0.1, 0.15) is 5.82 Å². The number of hydrogen-bond acceptors (Lipinski definition) is 6. The minimum absolute atomic E-state index is 0.150. The lowest BCUT2D eigenvalue weighted by molar-refractivity contribution is 0.223. The molecule has 3 aromatic rings. The highest BCUT2D eigenvalue weighted by atomic mass is 32.2. The van der Waals surface area contributed by atoms with E-state index in [2.05, 4.69) is 9.98 Å². The Morgan fingerprint density at radius 1 is 1.21 bits per heavy atom. The highest BCUT2D eigenvalue weighted by Gasteiger charge is 2.24. The van der Waals surface area contributed by atoms with Crippen molar-refractivity contribution in [3.8, 4) is 0 Å². The zero-order valence-electron chi connectivity index (χ0n) is 15.9. The van der Waals surface area contributed by atoms with Gasteiger partial charge in [-0.05, 0) is 24.3 Å². The van der Waals surface area contributed by atoms with E-state index < -0.39 is 22.1 Å². The Balaban J connectivity index is 2.15. The van der Waals surface area contributed by atoms with Gasteiger partial charge < -0.3 is 10.6 Å². The number of fused-ring (bicyclic) bond motifs is 1. The second-order valence-electron chi connectivity index (χ2n) is 6.33. The molecule has 0 aliphatic heterocycles. The van der Waals surface area contributed by atoms with Gasteiger partial charge >= 0.3 is 16.2 Å². The largest absolute Gasteiger partial charge is 0.368 e. The summed E-state index contributed by atoms with van der Waals surface area (Å²) in [6, 6.07) is 9.82. The Hall–Kier alpha value is -3.47. The molecule has 9 nitrogen and oxygen atoms in total. The number of urea groups is 1. The number of carbonyl (C=O) groups excluding carboxylic acids is 1. The summed E-state index contributed by atoms with van der Waals surface area (Å²) in [6.45, 7) is 0. The van der Waals surface area contributed by atoms with E-state index in [1.54, 1.807) is 31.3 Å². The van der Waals surface area contributed by atoms with Crippen molar-refractivity contribution in [3.05, 3.63) is 59.4 Å². The lowest BCUT2D eigenvalue weighted by Gasteiger charge is -2.14. The SMILES string of the molecule is CN=C(c1cccc(F)c1)c1ccc2nc(N)n(S(=O)(=O)NC(=O)N(C)C)c2c1. The number of amides is 2. The van der Waals surface area contributed by atoms with Crippen molar-refractivity contribution in [1.82, 2.24) is 18.6 Å². The highest BCUT2D eigenvalue weighted by Crippen LogP contribution is 2.23. The van der Waals surface area contributed by atoms with Crippen LogP contribution in [0, 0.1) is 5.82 Å². The molecule has 3 N–H and O–H groups in total. The molecule has 0 fully saturated rings. The van der Waals surface area contributed by atoms with E-state index >= 15 is 0 Å². The second kappa shape index (κ2) is 7.51. The minimum atomic E-state index is -4.35. The predicted octanol–water partition coefficient (Wildman–Crippen LogP) is 1.59. The first-order valence-corrected chi connectivity index (χ1v) is 9.83. The molecule has 0 radical (unpaired) electrons. The summed E-state index contributed by atoms with van der Waals surface area (Å²) in [7, 11) is 0.00302. The number of aliphatic imine (C=N–C) groups is 1. The van der Waals surface area contributed by atoms with Crippen molar-refractivity contribution in [3.63, 3.8) is 0 Å². The van der Waals surface area contributed by atoms with Crippen LogP contribution in [0.4, 0.5) is 15.1 Å². The van der Waals surface area contributed by atoms with Crippen LogP contribution in [0.1, 0.15) is 11.1 Å². The number of benzene rings is 2. The highest BCUT2D eigenvalue weighted by molar-refractivity contribution is 7.88. The van der Waals surface area contributed by atoms with Crippen molar-refractivity contribution >= 4 is 38.9 Å². The van der Waals surface area contributed by atoms with E-state index in [1.165, 1.54) is 32.3 Å². The van der Waals surface area contributed by atoms with E-state index in [1.807, 2.05) is 4.72 Å². The number of anilines is 1. The Kier molecular flexibility index (Phi) is 5.25. The summed E-state index contributed by atoms with van der Waals surface area (Å²) >= 11 is 0. The summed E-state index contributed by atoms with van der Waals surface area (Å²) in [5, 5.41) is 0. The van der Waals surface area contributed by atoms with Gasteiger partial charge in [0, 0.05) is 32.3 Å². The summed E-state index contributed by atoms with van der Waals surface area (Å²) in [5.74, 6) is -0.732. The van der Waals surface area contributed by atoms with Gasteiger partial charge in [0.25, 0.3) is 0 Å². The van der Waals surface area contributed by atoms with Crippen molar-refractivity contribution in [2.24, 2.45) is 4.99 Å². The smallest absolute Gasteiger partial charge is 0.334 e. The predicted molar refractivity (Wildman–Crippen MR) is 109 cm³/mol. The van der Waals surface area contributed by atoms with Crippen LogP contribution in [0.5, 0.6) is 0 Å². The van der Waals surface area contributed by atoms with Gasteiger partial charge in [0.05, 0.1) is 16.7 Å². The molecule has 29 heavy (non-hydrogen) atoms.